The zero-order valence-corrected chi connectivity index (χ0v) is 22.9. The Morgan fingerprint density at radius 2 is 1.97 bits per heavy atom. The first-order valence-electron chi connectivity index (χ1n) is 12.1. The van der Waals surface area contributed by atoms with Crippen LogP contribution in [0.15, 0.2) is 42.1 Å². The molecule has 0 spiro atoms. The minimum Gasteiger partial charge on any atom is -0.462 e. The van der Waals surface area contributed by atoms with E-state index in [1.54, 1.807) is 13.0 Å². The number of fused-ring (bicyclic) bond motifs is 1. The molecule has 1 aliphatic rings. The van der Waals surface area contributed by atoms with Crippen molar-refractivity contribution in [2.75, 3.05) is 17.7 Å². The molecule has 1 aliphatic carbocycles. The van der Waals surface area contributed by atoms with E-state index in [0.29, 0.717) is 28.9 Å². The number of hydrogen-bond acceptors (Lipinski definition) is 7. The van der Waals surface area contributed by atoms with Crippen LogP contribution in [0.5, 0.6) is 0 Å². The van der Waals surface area contributed by atoms with Crippen molar-refractivity contribution in [3.8, 4) is 11.4 Å². The molecule has 0 atom stereocenters. The van der Waals surface area contributed by atoms with Crippen molar-refractivity contribution in [1.82, 2.24) is 14.8 Å². The average Bonchev–Trinajstić information content (AvgIpc) is 3.52. The fraction of sp³-hybridized carbons (Fsp3) is 0.407. The number of aryl methyl sites for hydroxylation is 1. The molecular weight excluding hydrogens is 492 g/mol. The maximum atomic E-state index is 12.9. The highest BCUT2D eigenvalue weighted by Gasteiger charge is 2.28. The van der Waals surface area contributed by atoms with E-state index in [1.807, 2.05) is 4.57 Å². The van der Waals surface area contributed by atoms with Crippen LogP contribution in [0.25, 0.3) is 11.4 Å². The second-order valence-electron chi connectivity index (χ2n) is 9.65. The van der Waals surface area contributed by atoms with Crippen LogP contribution in [0.2, 0.25) is 0 Å². The topological polar surface area (TPSA) is 86.1 Å². The summed E-state index contributed by atoms with van der Waals surface area (Å²) in [6, 6.07) is 8.33. The van der Waals surface area contributed by atoms with E-state index in [-0.39, 0.29) is 23.0 Å². The largest absolute Gasteiger partial charge is 0.462 e. The van der Waals surface area contributed by atoms with Crippen molar-refractivity contribution in [2.24, 2.45) is 0 Å². The Morgan fingerprint density at radius 1 is 1.22 bits per heavy atom. The van der Waals surface area contributed by atoms with E-state index in [0.717, 1.165) is 41.1 Å². The predicted molar refractivity (Wildman–Crippen MR) is 146 cm³/mol. The molecule has 0 fully saturated rings. The first-order valence-corrected chi connectivity index (χ1v) is 13.9. The van der Waals surface area contributed by atoms with Gasteiger partial charge in [0, 0.05) is 17.0 Å². The molecule has 0 saturated heterocycles. The van der Waals surface area contributed by atoms with Gasteiger partial charge >= 0.3 is 5.97 Å². The molecule has 2 heterocycles. The number of carbonyl (C=O) groups is 2. The molecule has 0 radical (unpaired) electrons. The molecule has 0 bridgehead atoms. The highest BCUT2D eigenvalue weighted by atomic mass is 32.2. The van der Waals surface area contributed by atoms with Gasteiger partial charge in [-0.3, -0.25) is 9.36 Å². The second kappa shape index (κ2) is 11.0. The molecule has 0 saturated carbocycles. The summed E-state index contributed by atoms with van der Waals surface area (Å²) in [4.78, 5) is 26.6. The van der Waals surface area contributed by atoms with E-state index in [1.165, 1.54) is 28.7 Å². The lowest BCUT2D eigenvalue weighted by Crippen LogP contribution is -2.17. The lowest BCUT2D eigenvalue weighted by atomic mass is 9.87. The van der Waals surface area contributed by atoms with E-state index in [9.17, 15) is 9.59 Å². The van der Waals surface area contributed by atoms with Gasteiger partial charge in [-0.1, -0.05) is 62.9 Å². The Hall–Kier alpha value is -2.91. The van der Waals surface area contributed by atoms with Gasteiger partial charge in [0.15, 0.2) is 11.0 Å². The molecule has 1 N–H and O–H groups in total. The average molecular weight is 525 g/mol. The van der Waals surface area contributed by atoms with E-state index < -0.39 is 0 Å². The van der Waals surface area contributed by atoms with Gasteiger partial charge in [-0.15, -0.1) is 28.1 Å². The van der Waals surface area contributed by atoms with Crippen molar-refractivity contribution in [3.05, 3.63) is 58.5 Å². The molecule has 3 aromatic rings. The number of rotatable bonds is 9. The molecule has 9 heteroatoms. The third kappa shape index (κ3) is 5.57. The minimum absolute atomic E-state index is 0.0670. The maximum absolute atomic E-state index is 12.9. The van der Waals surface area contributed by atoms with Gasteiger partial charge in [0.05, 0.1) is 17.9 Å². The van der Waals surface area contributed by atoms with Crippen molar-refractivity contribution in [3.63, 3.8) is 0 Å². The van der Waals surface area contributed by atoms with Crippen LogP contribution in [0.1, 0.15) is 60.5 Å². The highest BCUT2D eigenvalue weighted by molar-refractivity contribution is 7.99. The highest BCUT2D eigenvalue weighted by Crippen LogP contribution is 2.39. The van der Waals surface area contributed by atoms with Gasteiger partial charge < -0.3 is 10.1 Å². The van der Waals surface area contributed by atoms with Crippen LogP contribution < -0.4 is 5.32 Å². The van der Waals surface area contributed by atoms with Crippen molar-refractivity contribution >= 4 is 40.0 Å². The number of hydrogen-bond donors (Lipinski definition) is 1. The monoisotopic (exact) mass is 524 g/mol. The molecule has 0 unspecified atom stereocenters. The number of anilines is 1. The Bertz CT molecular complexity index is 1270. The molecule has 36 heavy (non-hydrogen) atoms. The smallest absolute Gasteiger partial charge is 0.341 e. The zero-order chi connectivity index (χ0) is 25.9. The third-order valence-electron chi connectivity index (χ3n) is 6.02. The number of allylic oxidation sites excluding steroid dienone is 1. The molecule has 0 aliphatic heterocycles. The minimum atomic E-state index is -0.368. The summed E-state index contributed by atoms with van der Waals surface area (Å²) in [6.45, 7) is 13.0. The SMILES string of the molecule is C=CCn1c(SCC(=O)Nc2sc3c(c2C(=O)OCC)CCC3)nnc1-c1ccc(C(C)(C)C)cc1. The van der Waals surface area contributed by atoms with Gasteiger partial charge in [0.25, 0.3) is 0 Å². The number of carbonyl (C=O) groups excluding carboxylic acids is 2. The lowest BCUT2D eigenvalue weighted by Gasteiger charge is -2.19. The van der Waals surface area contributed by atoms with Gasteiger partial charge in [-0.05, 0) is 42.7 Å². The molecule has 190 valence electrons. The Kier molecular flexibility index (Phi) is 8.00. The molecular formula is C27H32N4O3S2. The number of ether oxygens (including phenoxy) is 1. The standard InChI is InChI=1S/C27H32N4O3S2/c1-6-15-31-23(17-11-13-18(14-12-17)27(3,4)5)29-30-26(31)35-16-21(32)28-24-22(25(33)34-7-2)19-9-8-10-20(19)36-24/h6,11-14H,1,7-10,15-16H2,2-5H3,(H,28,32). The first kappa shape index (κ1) is 26.2. The summed E-state index contributed by atoms with van der Waals surface area (Å²) in [6.07, 6.45) is 4.59. The number of esters is 1. The van der Waals surface area contributed by atoms with E-state index in [4.69, 9.17) is 4.74 Å². The molecule has 2 aromatic heterocycles. The Morgan fingerprint density at radius 3 is 2.64 bits per heavy atom. The van der Waals surface area contributed by atoms with Crippen molar-refractivity contribution < 1.29 is 14.3 Å². The van der Waals surface area contributed by atoms with Gasteiger partial charge in [0.2, 0.25) is 5.91 Å². The van der Waals surface area contributed by atoms with Crippen molar-refractivity contribution in [2.45, 2.75) is 64.1 Å². The number of amides is 1. The van der Waals surface area contributed by atoms with Crippen LogP contribution in [0.4, 0.5) is 5.00 Å². The summed E-state index contributed by atoms with van der Waals surface area (Å²) in [7, 11) is 0. The lowest BCUT2D eigenvalue weighted by molar-refractivity contribution is -0.113. The Balaban J connectivity index is 1.48. The van der Waals surface area contributed by atoms with Crippen LogP contribution in [-0.2, 0) is 34.3 Å². The predicted octanol–water partition coefficient (Wildman–Crippen LogP) is 5.89. The molecule has 1 aromatic carbocycles. The van der Waals surface area contributed by atoms with Crippen LogP contribution in [0.3, 0.4) is 0 Å². The summed E-state index contributed by atoms with van der Waals surface area (Å²) in [5, 5.41) is 12.9. The van der Waals surface area contributed by atoms with Gasteiger partial charge in [-0.25, -0.2) is 4.79 Å². The summed E-state index contributed by atoms with van der Waals surface area (Å²) in [5.41, 5.74) is 3.81. The maximum Gasteiger partial charge on any atom is 0.341 e. The number of aromatic nitrogens is 3. The number of nitrogens with zero attached hydrogens (tertiary/aromatic N) is 3. The third-order valence-corrected chi connectivity index (χ3v) is 8.20. The molecule has 4 rings (SSSR count). The van der Waals surface area contributed by atoms with Crippen LogP contribution >= 0.6 is 23.1 Å². The van der Waals surface area contributed by atoms with E-state index >= 15 is 0 Å². The number of nitrogens with one attached hydrogen (secondary N) is 1. The summed E-state index contributed by atoms with van der Waals surface area (Å²) < 4.78 is 7.22. The van der Waals surface area contributed by atoms with Gasteiger partial charge in [0.1, 0.15) is 5.00 Å². The first-order chi connectivity index (χ1) is 17.2. The van der Waals surface area contributed by atoms with Crippen LogP contribution in [0, 0.1) is 0 Å². The quantitative estimate of drug-likeness (QED) is 0.214. The molecule has 1 amide bonds. The molecule has 7 nitrogen and oxygen atoms in total. The summed E-state index contributed by atoms with van der Waals surface area (Å²) in [5.74, 6) is 0.309. The number of thioether (sulfide) groups is 1. The van der Waals surface area contributed by atoms with Crippen molar-refractivity contribution in [1.29, 1.82) is 0 Å². The van der Waals surface area contributed by atoms with Crippen LogP contribution in [-0.4, -0.2) is 39.0 Å². The normalized spacial score (nSPS) is 12.9. The van der Waals surface area contributed by atoms with Gasteiger partial charge in [-0.2, -0.15) is 0 Å². The fourth-order valence-corrected chi connectivity index (χ4v) is 6.27. The Labute approximate surface area is 220 Å². The van der Waals surface area contributed by atoms with E-state index in [2.05, 4.69) is 67.1 Å². The summed E-state index contributed by atoms with van der Waals surface area (Å²) >= 11 is 2.79. The number of benzene rings is 1. The number of thiophene rings is 1. The second-order valence-corrected chi connectivity index (χ2v) is 11.7. The fourth-order valence-electron chi connectivity index (χ4n) is 4.23. The zero-order valence-electron chi connectivity index (χ0n) is 21.2.